The Bertz CT molecular complexity index is 1150. The Morgan fingerprint density at radius 3 is 2.27 bits per heavy atom. The van der Waals surface area contributed by atoms with Crippen molar-refractivity contribution in [1.82, 2.24) is 9.97 Å². The lowest BCUT2D eigenvalue weighted by Gasteiger charge is -2.42. The summed E-state index contributed by atoms with van der Waals surface area (Å²) in [7, 11) is -6.16. The number of halogens is 1. The number of carboxylic acid groups (broad SMARTS) is 1. The summed E-state index contributed by atoms with van der Waals surface area (Å²) in [6.07, 6.45) is 2.81. The van der Waals surface area contributed by atoms with E-state index in [-0.39, 0.29) is 46.2 Å². The monoisotopic (exact) mass is 557 g/mol. The molecule has 2 aromatic heterocycles. The van der Waals surface area contributed by atoms with E-state index in [0.29, 0.717) is 28.2 Å². The average molecular weight is 559 g/mol. The molecule has 0 atom stereocenters. The predicted molar refractivity (Wildman–Crippen MR) is 136 cm³/mol. The summed E-state index contributed by atoms with van der Waals surface area (Å²) < 4.78 is 34.4. The number of sulfonamides is 1. The molecule has 0 aliphatic carbocycles. The van der Waals surface area contributed by atoms with E-state index in [0.717, 1.165) is 0 Å². The zero-order valence-corrected chi connectivity index (χ0v) is 23.3. The first-order chi connectivity index (χ1) is 15.3. The first-order valence-electron chi connectivity index (χ1n) is 11.2. The standard InChI is InChI=1S/C22H32BrN3O5SSi/c1-13(2)33(14(3)4,15(5)6)31-20-18-17(11-16(23)12-24-18)21(25-19(20)22(27)28)26-9-7-8-10-32(26,29)30/h11-15H,7-10H2,1-6H3,(H,27,28). The number of hydrogen-bond acceptors (Lipinski definition) is 6. The van der Waals surface area contributed by atoms with Crippen molar-refractivity contribution in [3.63, 3.8) is 0 Å². The number of nitrogens with zero attached hydrogens (tertiary/aromatic N) is 3. The van der Waals surface area contributed by atoms with Gasteiger partial charge in [0.25, 0.3) is 8.32 Å². The lowest BCUT2D eigenvalue weighted by Crippen LogP contribution is -2.51. The van der Waals surface area contributed by atoms with Crippen LogP contribution in [0.3, 0.4) is 0 Å². The van der Waals surface area contributed by atoms with Crippen LogP contribution in [0.2, 0.25) is 16.6 Å². The van der Waals surface area contributed by atoms with Crippen LogP contribution in [-0.4, -0.2) is 50.1 Å². The van der Waals surface area contributed by atoms with E-state index < -0.39 is 24.3 Å². The molecular weight excluding hydrogens is 526 g/mol. The van der Waals surface area contributed by atoms with Crippen LogP contribution >= 0.6 is 15.9 Å². The molecule has 0 amide bonds. The maximum atomic E-state index is 12.9. The second-order valence-electron chi connectivity index (χ2n) is 9.48. The van der Waals surface area contributed by atoms with Crippen LogP contribution < -0.4 is 8.73 Å². The Hall–Kier alpha value is -1.72. The van der Waals surface area contributed by atoms with E-state index in [4.69, 9.17) is 4.43 Å². The number of anilines is 1. The van der Waals surface area contributed by atoms with Crippen molar-refractivity contribution >= 4 is 57.0 Å². The zero-order chi connectivity index (χ0) is 24.7. The van der Waals surface area contributed by atoms with Gasteiger partial charge in [-0.05, 0) is 51.5 Å². The topological polar surface area (TPSA) is 110 Å². The van der Waals surface area contributed by atoms with Crippen molar-refractivity contribution in [2.24, 2.45) is 0 Å². The molecule has 0 aromatic carbocycles. The van der Waals surface area contributed by atoms with Gasteiger partial charge in [0.15, 0.2) is 17.3 Å². The molecular formula is C22H32BrN3O5SSi. The maximum absolute atomic E-state index is 12.9. The van der Waals surface area contributed by atoms with Crippen LogP contribution in [0, 0.1) is 0 Å². The Morgan fingerprint density at radius 2 is 1.76 bits per heavy atom. The van der Waals surface area contributed by atoms with Gasteiger partial charge in [-0.25, -0.2) is 18.2 Å². The fourth-order valence-corrected chi connectivity index (χ4v) is 12.3. The molecule has 0 spiro atoms. The summed E-state index contributed by atoms with van der Waals surface area (Å²) in [5.74, 6) is -1.05. The third-order valence-electron chi connectivity index (χ3n) is 6.52. The molecule has 0 unspecified atom stereocenters. The van der Waals surface area contributed by atoms with Gasteiger partial charge in [0.05, 0.1) is 5.75 Å². The highest BCUT2D eigenvalue weighted by Gasteiger charge is 2.48. The first kappa shape index (κ1) is 25.9. The fourth-order valence-electron chi connectivity index (χ4n) is 5.11. The largest absolute Gasteiger partial charge is 0.540 e. The summed E-state index contributed by atoms with van der Waals surface area (Å²) in [5.41, 5.74) is 0.623. The van der Waals surface area contributed by atoms with Crippen LogP contribution in [0.15, 0.2) is 16.7 Å². The van der Waals surface area contributed by atoms with Crippen molar-refractivity contribution in [2.75, 3.05) is 16.6 Å². The Morgan fingerprint density at radius 1 is 1.15 bits per heavy atom. The molecule has 0 radical (unpaired) electrons. The highest BCUT2D eigenvalue weighted by atomic mass is 79.9. The van der Waals surface area contributed by atoms with E-state index >= 15 is 0 Å². The van der Waals surface area contributed by atoms with Gasteiger partial charge in [0.1, 0.15) is 5.52 Å². The normalized spacial score (nSPS) is 16.7. The van der Waals surface area contributed by atoms with Gasteiger partial charge in [-0.1, -0.05) is 41.5 Å². The minimum absolute atomic E-state index is 0.00232. The fraction of sp³-hybridized carbons (Fsp3) is 0.591. The number of carboxylic acids is 1. The number of pyridine rings is 2. The first-order valence-corrected chi connectivity index (χ1v) is 15.8. The molecule has 8 nitrogen and oxygen atoms in total. The van der Waals surface area contributed by atoms with Crippen LogP contribution in [-0.2, 0) is 10.0 Å². The number of carbonyl (C=O) groups is 1. The van der Waals surface area contributed by atoms with Crippen molar-refractivity contribution in [1.29, 1.82) is 0 Å². The predicted octanol–water partition coefficient (Wildman–Crippen LogP) is 5.57. The SMILES string of the molecule is CC(C)[Si](Oc1c(C(=O)O)nc(N2CCCCS2(=O)=O)c2cc(Br)cnc12)(C(C)C)C(C)C. The van der Waals surface area contributed by atoms with Crippen molar-refractivity contribution < 1.29 is 22.7 Å². The van der Waals surface area contributed by atoms with Crippen LogP contribution in [0.5, 0.6) is 5.75 Å². The molecule has 0 bridgehead atoms. The summed E-state index contributed by atoms with van der Waals surface area (Å²) in [4.78, 5) is 21.3. The van der Waals surface area contributed by atoms with Gasteiger partial charge in [0.2, 0.25) is 10.0 Å². The molecule has 1 aliphatic heterocycles. The Labute approximate surface area is 205 Å². The zero-order valence-electron chi connectivity index (χ0n) is 19.9. The molecule has 0 saturated carbocycles. The highest BCUT2D eigenvalue weighted by molar-refractivity contribution is 9.10. The van der Waals surface area contributed by atoms with Crippen molar-refractivity contribution in [3.8, 4) is 5.75 Å². The second-order valence-corrected chi connectivity index (χ2v) is 17.8. The molecule has 1 saturated heterocycles. The molecule has 182 valence electrons. The van der Waals surface area contributed by atoms with Gasteiger partial charge in [-0.2, -0.15) is 0 Å². The van der Waals surface area contributed by atoms with Crippen LogP contribution in [0.25, 0.3) is 10.9 Å². The van der Waals surface area contributed by atoms with Gasteiger partial charge in [-0.15, -0.1) is 0 Å². The highest BCUT2D eigenvalue weighted by Crippen LogP contribution is 2.46. The van der Waals surface area contributed by atoms with Gasteiger partial charge < -0.3 is 9.53 Å². The average Bonchev–Trinajstić information content (AvgIpc) is 2.70. The molecule has 2 aromatic rings. The summed E-state index contributed by atoms with van der Waals surface area (Å²) >= 11 is 3.42. The molecule has 33 heavy (non-hydrogen) atoms. The van der Waals surface area contributed by atoms with Crippen molar-refractivity contribution in [3.05, 3.63) is 22.4 Å². The number of aromatic carboxylic acids is 1. The van der Waals surface area contributed by atoms with Gasteiger partial charge in [0, 0.05) is 22.6 Å². The van der Waals surface area contributed by atoms with E-state index in [1.54, 1.807) is 12.3 Å². The second kappa shape index (κ2) is 9.50. The quantitative estimate of drug-likeness (QED) is 0.442. The molecule has 11 heteroatoms. The molecule has 3 heterocycles. The van der Waals surface area contributed by atoms with Gasteiger partial charge >= 0.3 is 5.97 Å². The molecule has 1 N–H and O–H groups in total. The number of rotatable bonds is 7. The third kappa shape index (κ3) is 4.63. The lowest BCUT2D eigenvalue weighted by atomic mass is 10.2. The summed E-state index contributed by atoms with van der Waals surface area (Å²) in [5, 5.41) is 10.6. The molecule has 1 aliphatic rings. The Balaban J connectivity index is 2.38. The summed E-state index contributed by atoms with van der Waals surface area (Å²) in [6.45, 7) is 12.9. The molecule has 1 fully saturated rings. The van der Waals surface area contributed by atoms with E-state index in [9.17, 15) is 18.3 Å². The number of fused-ring (bicyclic) bond motifs is 1. The smallest absolute Gasteiger partial charge is 0.358 e. The number of aromatic nitrogens is 2. The van der Waals surface area contributed by atoms with Crippen LogP contribution in [0.1, 0.15) is 64.9 Å². The minimum atomic E-state index is -3.61. The third-order valence-corrected chi connectivity index (χ3v) is 14.8. The number of hydrogen-bond donors (Lipinski definition) is 1. The van der Waals surface area contributed by atoms with Gasteiger partial charge in [-0.3, -0.25) is 9.29 Å². The lowest BCUT2D eigenvalue weighted by molar-refractivity contribution is 0.0688. The van der Waals surface area contributed by atoms with E-state index in [1.807, 2.05) is 0 Å². The molecule has 3 rings (SSSR count). The Kier molecular flexibility index (Phi) is 7.45. The van der Waals surface area contributed by atoms with E-state index in [1.165, 1.54) is 4.31 Å². The summed E-state index contributed by atoms with van der Waals surface area (Å²) in [6, 6.07) is 1.73. The van der Waals surface area contributed by atoms with Crippen LogP contribution in [0.4, 0.5) is 5.82 Å². The van der Waals surface area contributed by atoms with Crippen molar-refractivity contribution in [2.45, 2.75) is 71.0 Å². The maximum Gasteiger partial charge on any atom is 0.358 e. The van der Waals surface area contributed by atoms with E-state index in [2.05, 4.69) is 67.4 Å². The minimum Gasteiger partial charge on any atom is -0.540 e.